The number of β-amino-alcohol motifs (C(OH)–C–C–N with tert-alkyl or cyclic N) is 1. The highest BCUT2D eigenvalue weighted by Crippen LogP contribution is 2.69. The molecule has 5 fully saturated rings. The van der Waals surface area contributed by atoms with Gasteiger partial charge in [0.2, 0.25) is 5.91 Å². The predicted octanol–water partition coefficient (Wildman–Crippen LogP) is 2.97. The minimum absolute atomic E-state index is 0.108. The first-order valence-corrected chi connectivity index (χ1v) is 8.65. The summed E-state index contributed by atoms with van der Waals surface area (Å²) in [5.41, 5.74) is -0.0206. The summed E-state index contributed by atoms with van der Waals surface area (Å²) in [6.45, 7) is 7.97. The lowest BCUT2D eigenvalue weighted by Crippen LogP contribution is -2.60. The van der Waals surface area contributed by atoms with Crippen LogP contribution in [0.2, 0.25) is 0 Å². The normalized spacial score (nSPS) is 55.2. The lowest BCUT2D eigenvalue weighted by Gasteiger charge is -2.65. The van der Waals surface area contributed by atoms with E-state index in [-0.39, 0.29) is 5.41 Å². The van der Waals surface area contributed by atoms with E-state index in [4.69, 9.17) is 0 Å². The number of carbonyl (C=O) groups excluding carboxylic acids is 1. The van der Waals surface area contributed by atoms with E-state index in [2.05, 4.69) is 13.8 Å². The number of aliphatic hydroxyl groups is 1. The van der Waals surface area contributed by atoms with E-state index < -0.39 is 5.60 Å². The molecule has 5 aliphatic rings. The Hall–Kier alpha value is -0.570. The van der Waals surface area contributed by atoms with Gasteiger partial charge in [0.1, 0.15) is 0 Å². The molecule has 5 rings (SSSR count). The van der Waals surface area contributed by atoms with Crippen molar-refractivity contribution in [1.82, 2.24) is 4.90 Å². The number of rotatable bonds is 1. The molecular formula is C18H29NO2. The number of hydrogen-bond acceptors (Lipinski definition) is 2. The van der Waals surface area contributed by atoms with Gasteiger partial charge in [-0.25, -0.2) is 0 Å². The van der Waals surface area contributed by atoms with Gasteiger partial charge in [-0.05, 0) is 68.6 Å². The van der Waals surface area contributed by atoms with E-state index in [9.17, 15) is 9.90 Å². The van der Waals surface area contributed by atoms with Gasteiger partial charge in [0.05, 0.1) is 11.0 Å². The summed E-state index contributed by atoms with van der Waals surface area (Å²) in [6, 6.07) is 0. The highest BCUT2D eigenvalue weighted by atomic mass is 16.3. The van der Waals surface area contributed by atoms with E-state index in [1.54, 1.807) is 0 Å². The molecule has 0 spiro atoms. The molecule has 21 heavy (non-hydrogen) atoms. The van der Waals surface area contributed by atoms with Crippen LogP contribution in [0, 0.1) is 22.2 Å². The van der Waals surface area contributed by atoms with Crippen molar-refractivity contribution in [2.45, 2.75) is 71.3 Å². The van der Waals surface area contributed by atoms with Gasteiger partial charge in [0, 0.05) is 13.1 Å². The van der Waals surface area contributed by atoms with Gasteiger partial charge in [0.25, 0.3) is 0 Å². The first-order chi connectivity index (χ1) is 9.63. The van der Waals surface area contributed by atoms with Crippen molar-refractivity contribution >= 4 is 5.91 Å². The molecule has 0 radical (unpaired) electrons. The standard InChI is InChI=1S/C18H29NO2/c1-15-6-13-7-16(2,9-15)11-18(8-13,10-15)14(20)19-5-4-17(3,21)12-19/h13,21H,4-12H2,1-3H3. The van der Waals surface area contributed by atoms with E-state index in [1.807, 2.05) is 11.8 Å². The summed E-state index contributed by atoms with van der Waals surface area (Å²) < 4.78 is 0. The molecule has 1 heterocycles. The summed E-state index contributed by atoms with van der Waals surface area (Å²) in [5.74, 6) is 1.12. The Morgan fingerprint density at radius 3 is 2.14 bits per heavy atom. The summed E-state index contributed by atoms with van der Waals surface area (Å²) in [5, 5.41) is 10.2. The minimum atomic E-state index is -0.675. The van der Waals surface area contributed by atoms with Crippen molar-refractivity contribution in [3.63, 3.8) is 0 Å². The van der Waals surface area contributed by atoms with Gasteiger partial charge in [-0.3, -0.25) is 4.79 Å². The van der Waals surface area contributed by atoms with Gasteiger partial charge in [0.15, 0.2) is 0 Å². The Labute approximate surface area is 128 Å². The molecule has 3 nitrogen and oxygen atoms in total. The lowest BCUT2D eigenvalue weighted by atomic mass is 9.40. The largest absolute Gasteiger partial charge is 0.388 e. The maximum atomic E-state index is 13.3. The van der Waals surface area contributed by atoms with Crippen molar-refractivity contribution in [3.8, 4) is 0 Å². The molecule has 1 amide bonds. The first-order valence-electron chi connectivity index (χ1n) is 8.65. The van der Waals surface area contributed by atoms with Crippen molar-refractivity contribution in [3.05, 3.63) is 0 Å². The number of hydrogen-bond donors (Lipinski definition) is 1. The molecule has 3 atom stereocenters. The summed E-state index contributed by atoms with van der Waals surface area (Å²) in [4.78, 5) is 15.3. The Morgan fingerprint density at radius 2 is 1.67 bits per heavy atom. The third-order valence-corrected chi connectivity index (χ3v) is 6.82. The van der Waals surface area contributed by atoms with E-state index >= 15 is 0 Å². The van der Waals surface area contributed by atoms with Crippen molar-refractivity contribution in [1.29, 1.82) is 0 Å². The number of amides is 1. The molecule has 1 N–H and O–H groups in total. The fourth-order valence-electron chi connectivity index (χ4n) is 7.14. The quantitative estimate of drug-likeness (QED) is 0.807. The van der Waals surface area contributed by atoms with Crippen LogP contribution in [0.4, 0.5) is 0 Å². The van der Waals surface area contributed by atoms with Crippen LogP contribution in [0.15, 0.2) is 0 Å². The summed E-state index contributed by atoms with van der Waals surface area (Å²) >= 11 is 0. The van der Waals surface area contributed by atoms with Gasteiger partial charge in [-0.2, -0.15) is 0 Å². The molecule has 0 aromatic rings. The van der Waals surface area contributed by atoms with Crippen molar-refractivity contribution in [2.75, 3.05) is 13.1 Å². The molecule has 4 bridgehead atoms. The Kier molecular flexibility index (Phi) is 2.57. The Bertz CT molecular complexity index is 479. The zero-order valence-corrected chi connectivity index (χ0v) is 13.7. The average molecular weight is 291 g/mol. The van der Waals surface area contributed by atoms with Crippen LogP contribution < -0.4 is 0 Å². The smallest absolute Gasteiger partial charge is 0.228 e. The molecule has 3 unspecified atom stereocenters. The highest BCUT2D eigenvalue weighted by molar-refractivity contribution is 5.84. The fraction of sp³-hybridized carbons (Fsp3) is 0.944. The molecule has 1 saturated heterocycles. The Balaban J connectivity index is 1.64. The third kappa shape index (κ3) is 2.07. The van der Waals surface area contributed by atoms with Crippen LogP contribution in [0.1, 0.15) is 65.7 Å². The maximum Gasteiger partial charge on any atom is 0.228 e. The monoisotopic (exact) mass is 291 g/mol. The molecular weight excluding hydrogens is 262 g/mol. The second kappa shape index (κ2) is 3.84. The molecule has 118 valence electrons. The predicted molar refractivity (Wildman–Crippen MR) is 81.7 cm³/mol. The number of carbonyl (C=O) groups is 1. The number of likely N-dealkylation sites (tertiary alicyclic amines) is 1. The van der Waals surface area contributed by atoms with Crippen LogP contribution in [0.5, 0.6) is 0 Å². The highest BCUT2D eigenvalue weighted by Gasteiger charge is 2.63. The fourth-order valence-corrected chi connectivity index (χ4v) is 7.14. The molecule has 3 heteroatoms. The first kappa shape index (κ1) is 14.0. The molecule has 0 aromatic carbocycles. The summed E-state index contributed by atoms with van der Waals surface area (Å²) in [6.07, 6.45) is 7.98. The Morgan fingerprint density at radius 1 is 1.05 bits per heavy atom. The minimum Gasteiger partial charge on any atom is -0.388 e. The van der Waals surface area contributed by atoms with E-state index in [0.717, 1.165) is 38.1 Å². The lowest BCUT2D eigenvalue weighted by molar-refractivity contribution is -0.179. The van der Waals surface area contributed by atoms with Gasteiger partial charge < -0.3 is 10.0 Å². The molecule has 1 aliphatic heterocycles. The third-order valence-electron chi connectivity index (χ3n) is 6.82. The van der Waals surface area contributed by atoms with E-state index in [0.29, 0.717) is 23.3 Å². The van der Waals surface area contributed by atoms with Gasteiger partial charge >= 0.3 is 0 Å². The summed E-state index contributed by atoms with van der Waals surface area (Å²) in [7, 11) is 0. The van der Waals surface area contributed by atoms with Gasteiger partial charge in [-0.1, -0.05) is 13.8 Å². The number of nitrogens with zero attached hydrogens (tertiary/aromatic N) is 1. The second-order valence-electron chi connectivity index (χ2n) is 9.88. The SMILES string of the molecule is CC1(O)CCN(C(=O)C23CC4CC(C)(CC(C)(C4)C2)C3)C1. The van der Waals surface area contributed by atoms with Crippen molar-refractivity contribution in [2.24, 2.45) is 22.2 Å². The van der Waals surface area contributed by atoms with Crippen LogP contribution >= 0.6 is 0 Å². The zero-order valence-electron chi connectivity index (χ0n) is 13.7. The second-order valence-corrected chi connectivity index (χ2v) is 9.88. The van der Waals surface area contributed by atoms with Crippen LogP contribution in [-0.4, -0.2) is 34.6 Å². The topological polar surface area (TPSA) is 40.5 Å². The maximum absolute atomic E-state index is 13.3. The zero-order chi connectivity index (χ0) is 15.1. The van der Waals surface area contributed by atoms with Crippen molar-refractivity contribution < 1.29 is 9.90 Å². The van der Waals surface area contributed by atoms with Gasteiger partial charge in [-0.15, -0.1) is 0 Å². The molecule has 4 saturated carbocycles. The van der Waals surface area contributed by atoms with E-state index in [1.165, 1.54) is 19.3 Å². The molecule has 0 aromatic heterocycles. The van der Waals surface area contributed by atoms with Crippen LogP contribution in [-0.2, 0) is 4.79 Å². The van der Waals surface area contributed by atoms with Crippen LogP contribution in [0.25, 0.3) is 0 Å². The average Bonchev–Trinajstić information content (AvgIpc) is 2.63. The van der Waals surface area contributed by atoms with Crippen LogP contribution in [0.3, 0.4) is 0 Å². The molecule has 4 aliphatic carbocycles.